The molecule has 4 heteroatoms. The molecule has 0 bridgehead atoms. The minimum atomic E-state index is -0.295. The summed E-state index contributed by atoms with van der Waals surface area (Å²) in [6.45, 7) is 4.39. The van der Waals surface area contributed by atoms with Crippen molar-refractivity contribution >= 4 is 17.6 Å². The number of carbonyl (C=O) groups excluding carboxylic acids is 1. The molecule has 0 N–H and O–H groups in total. The van der Waals surface area contributed by atoms with Crippen LogP contribution in [0.2, 0.25) is 0 Å². The Hall–Kier alpha value is -0.710. The van der Waals surface area contributed by atoms with Crippen molar-refractivity contribution in [3.8, 4) is 0 Å². The van der Waals surface area contributed by atoms with E-state index in [0.717, 1.165) is 38.7 Å². The van der Waals surface area contributed by atoms with E-state index in [4.69, 9.17) is 4.74 Å². The van der Waals surface area contributed by atoms with Crippen molar-refractivity contribution in [3.05, 3.63) is 22.4 Å². The molecule has 1 aliphatic heterocycles. The lowest BCUT2D eigenvalue weighted by atomic mass is 9.83. The third kappa shape index (κ3) is 3.88. The Morgan fingerprint density at radius 3 is 3.05 bits per heavy atom. The van der Waals surface area contributed by atoms with Gasteiger partial charge in [-0.15, -0.1) is 11.3 Å². The van der Waals surface area contributed by atoms with Crippen molar-refractivity contribution in [3.63, 3.8) is 0 Å². The number of carbonyl (C=O) groups is 1. The highest BCUT2D eigenvalue weighted by atomic mass is 32.1. The normalized spacial score (nSPS) is 25.4. The molecule has 2 atom stereocenters. The second-order valence-corrected chi connectivity index (χ2v) is 6.72. The molecule has 0 aliphatic carbocycles. The number of thiophene rings is 1. The SMILES string of the molecule is CC(Cc1cccs1)N(C)CC1(C=O)CCCOC1. The Morgan fingerprint density at radius 1 is 1.63 bits per heavy atom. The highest BCUT2D eigenvalue weighted by Gasteiger charge is 2.34. The molecule has 2 rings (SSSR count). The summed E-state index contributed by atoms with van der Waals surface area (Å²) in [6.07, 6.45) is 4.10. The molecule has 0 amide bonds. The molecule has 106 valence electrons. The fraction of sp³-hybridized carbons (Fsp3) is 0.667. The van der Waals surface area contributed by atoms with E-state index in [9.17, 15) is 4.79 Å². The van der Waals surface area contributed by atoms with Gasteiger partial charge >= 0.3 is 0 Å². The Balaban J connectivity index is 1.91. The van der Waals surface area contributed by atoms with Crippen LogP contribution in [-0.4, -0.2) is 44.0 Å². The zero-order valence-corrected chi connectivity index (χ0v) is 12.6. The number of hydrogen-bond acceptors (Lipinski definition) is 4. The Labute approximate surface area is 119 Å². The molecule has 1 aromatic rings. The van der Waals surface area contributed by atoms with Gasteiger partial charge in [0.1, 0.15) is 6.29 Å². The Kier molecular flexibility index (Phi) is 5.13. The largest absolute Gasteiger partial charge is 0.380 e. The zero-order valence-electron chi connectivity index (χ0n) is 11.8. The van der Waals surface area contributed by atoms with E-state index in [2.05, 4.69) is 36.4 Å². The van der Waals surface area contributed by atoms with E-state index in [1.807, 2.05) is 0 Å². The van der Waals surface area contributed by atoms with Gasteiger partial charge in [0.05, 0.1) is 12.0 Å². The highest BCUT2D eigenvalue weighted by Crippen LogP contribution is 2.28. The van der Waals surface area contributed by atoms with Gasteiger partial charge in [0.15, 0.2) is 0 Å². The lowest BCUT2D eigenvalue weighted by Gasteiger charge is -2.37. The van der Waals surface area contributed by atoms with Crippen LogP contribution in [0.5, 0.6) is 0 Å². The van der Waals surface area contributed by atoms with Gasteiger partial charge in [-0.3, -0.25) is 0 Å². The molecule has 0 spiro atoms. The van der Waals surface area contributed by atoms with Crippen molar-refractivity contribution in [2.24, 2.45) is 5.41 Å². The van der Waals surface area contributed by atoms with Crippen LogP contribution >= 0.6 is 11.3 Å². The topological polar surface area (TPSA) is 29.5 Å². The van der Waals surface area contributed by atoms with E-state index >= 15 is 0 Å². The maximum absolute atomic E-state index is 11.5. The van der Waals surface area contributed by atoms with Gasteiger partial charge in [-0.2, -0.15) is 0 Å². The van der Waals surface area contributed by atoms with E-state index in [0.29, 0.717) is 12.6 Å². The quantitative estimate of drug-likeness (QED) is 0.751. The van der Waals surface area contributed by atoms with Crippen molar-refractivity contribution in [1.29, 1.82) is 0 Å². The molecule has 0 saturated carbocycles. The molecule has 3 nitrogen and oxygen atoms in total. The lowest BCUT2D eigenvalue weighted by Crippen LogP contribution is -2.46. The van der Waals surface area contributed by atoms with Crippen LogP contribution < -0.4 is 0 Å². The maximum Gasteiger partial charge on any atom is 0.129 e. The van der Waals surface area contributed by atoms with Crippen molar-refractivity contribution in [2.45, 2.75) is 32.2 Å². The van der Waals surface area contributed by atoms with E-state index < -0.39 is 0 Å². The Morgan fingerprint density at radius 2 is 2.47 bits per heavy atom. The van der Waals surface area contributed by atoms with Crippen LogP contribution in [0.25, 0.3) is 0 Å². The maximum atomic E-state index is 11.5. The molecule has 0 aromatic carbocycles. The van der Waals surface area contributed by atoms with E-state index in [1.54, 1.807) is 11.3 Å². The number of ether oxygens (including phenoxy) is 1. The molecular formula is C15H23NO2S. The lowest BCUT2D eigenvalue weighted by molar-refractivity contribution is -0.125. The molecule has 1 aliphatic rings. The second-order valence-electron chi connectivity index (χ2n) is 5.68. The first-order valence-electron chi connectivity index (χ1n) is 6.92. The van der Waals surface area contributed by atoms with Gasteiger partial charge in [-0.1, -0.05) is 6.07 Å². The third-order valence-corrected chi connectivity index (χ3v) is 4.90. The average molecular weight is 281 g/mol. The van der Waals surface area contributed by atoms with Crippen LogP contribution in [0.15, 0.2) is 17.5 Å². The van der Waals surface area contributed by atoms with Crippen LogP contribution in [0.3, 0.4) is 0 Å². The summed E-state index contributed by atoms with van der Waals surface area (Å²) in [4.78, 5) is 15.1. The summed E-state index contributed by atoms with van der Waals surface area (Å²) >= 11 is 1.80. The summed E-state index contributed by atoms with van der Waals surface area (Å²) in [5.41, 5.74) is -0.295. The van der Waals surface area contributed by atoms with E-state index in [1.165, 1.54) is 4.88 Å². The summed E-state index contributed by atoms with van der Waals surface area (Å²) in [5, 5.41) is 2.12. The fourth-order valence-electron chi connectivity index (χ4n) is 2.66. The summed E-state index contributed by atoms with van der Waals surface area (Å²) in [5.74, 6) is 0. The van der Waals surface area contributed by atoms with Gasteiger partial charge < -0.3 is 14.4 Å². The minimum Gasteiger partial charge on any atom is -0.380 e. The standard InChI is InChI=1S/C15H23NO2S/c1-13(9-14-5-3-8-19-14)16(2)10-15(11-17)6-4-7-18-12-15/h3,5,8,11,13H,4,6-7,9-10,12H2,1-2H3. The van der Waals surface area contributed by atoms with Crippen LogP contribution in [0, 0.1) is 5.41 Å². The molecule has 0 radical (unpaired) electrons. The van der Waals surface area contributed by atoms with Crippen molar-refractivity contribution in [1.82, 2.24) is 4.90 Å². The number of rotatable bonds is 6. The van der Waals surface area contributed by atoms with Crippen molar-refractivity contribution < 1.29 is 9.53 Å². The second kappa shape index (κ2) is 6.64. The number of hydrogen-bond donors (Lipinski definition) is 0. The first kappa shape index (κ1) is 14.7. The van der Waals surface area contributed by atoms with Crippen LogP contribution in [0.1, 0.15) is 24.6 Å². The number of nitrogens with zero attached hydrogens (tertiary/aromatic N) is 1. The summed E-state index contributed by atoms with van der Waals surface area (Å²) < 4.78 is 5.51. The van der Waals surface area contributed by atoms with Gasteiger partial charge in [0.2, 0.25) is 0 Å². The van der Waals surface area contributed by atoms with Crippen LogP contribution in [0.4, 0.5) is 0 Å². The summed E-state index contributed by atoms with van der Waals surface area (Å²) in [6, 6.07) is 4.71. The molecule has 2 heterocycles. The number of likely N-dealkylation sites (N-methyl/N-ethyl adjacent to an activating group) is 1. The molecule has 19 heavy (non-hydrogen) atoms. The monoisotopic (exact) mass is 281 g/mol. The van der Waals surface area contributed by atoms with Gasteiger partial charge in [0.25, 0.3) is 0 Å². The fourth-order valence-corrected chi connectivity index (χ4v) is 3.48. The smallest absolute Gasteiger partial charge is 0.129 e. The van der Waals surface area contributed by atoms with Gasteiger partial charge in [-0.25, -0.2) is 0 Å². The average Bonchev–Trinajstić information content (AvgIpc) is 2.92. The number of aldehydes is 1. The zero-order chi connectivity index (χ0) is 13.7. The Bertz CT molecular complexity index is 385. The first-order valence-corrected chi connectivity index (χ1v) is 7.80. The highest BCUT2D eigenvalue weighted by molar-refractivity contribution is 7.09. The molecule has 2 unspecified atom stereocenters. The molecule has 1 saturated heterocycles. The molecule has 1 aromatic heterocycles. The first-order chi connectivity index (χ1) is 9.15. The predicted octanol–water partition coefficient (Wildman–Crippen LogP) is 2.61. The predicted molar refractivity (Wildman–Crippen MR) is 78.7 cm³/mol. The minimum absolute atomic E-state index is 0.295. The van der Waals surface area contributed by atoms with E-state index in [-0.39, 0.29) is 5.41 Å². The third-order valence-electron chi connectivity index (χ3n) is 4.00. The van der Waals surface area contributed by atoms with Crippen molar-refractivity contribution in [2.75, 3.05) is 26.8 Å². The molecule has 1 fully saturated rings. The summed E-state index contributed by atoms with van der Waals surface area (Å²) in [7, 11) is 2.11. The van der Waals surface area contributed by atoms with Crippen LogP contribution in [-0.2, 0) is 16.0 Å². The van der Waals surface area contributed by atoms with Gasteiger partial charge in [-0.05, 0) is 44.7 Å². The molecular weight excluding hydrogens is 258 g/mol. The van der Waals surface area contributed by atoms with Gasteiger partial charge in [0, 0.05) is 24.1 Å².